The van der Waals surface area contributed by atoms with Crippen LogP contribution in [0.2, 0.25) is 5.02 Å². The number of aromatic hydroxyl groups is 1. The maximum absolute atomic E-state index is 13.6. The Labute approximate surface area is 106 Å². The third-order valence-corrected chi connectivity index (χ3v) is 3.08. The lowest BCUT2D eigenvalue weighted by molar-refractivity contribution is 0.473. The predicted octanol–water partition coefficient (Wildman–Crippen LogP) is 4.61. The molecule has 2 rings (SSSR count). The van der Waals surface area contributed by atoms with Gasteiger partial charge in [-0.1, -0.05) is 23.7 Å². The molecule has 0 saturated heterocycles. The second-order valence-corrected chi connectivity index (χ2v) is 4.55. The predicted molar refractivity (Wildman–Crippen MR) is 66.2 cm³/mol. The van der Waals surface area contributed by atoms with Crippen LogP contribution in [-0.4, -0.2) is 5.11 Å². The van der Waals surface area contributed by atoms with E-state index < -0.39 is 5.82 Å². The molecule has 2 aromatic carbocycles. The molecule has 4 heteroatoms. The lowest BCUT2D eigenvalue weighted by Crippen LogP contribution is -1.85. The summed E-state index contributed by atoms with van der Waals surface area (Å²) in [6.07, 6.45) is 0. The standard InChI is InChI=1S/C12H7BrClFO/c13-10-3-1-2-8(12(10)16)9-6-7(14)4-5-11(9)15/h1-6,16H. The van der Waals surface area contributed by atoms with Crippen molar-refractivity contribution in [3.63, 3.8) is 0 Å². The Kier molecular flexibility index (Phi) is 3.17. The Morgan fingerprint density at radius 3 is 2.62 bits per heavy atom. The zero-order valence-corrected chi connectivity index (χ0v) is 10.4. The molecule has 0 amide bonds. The minimum atomic E-state index is -0.419. The van der Waals surface area contributed by atoms with Crippen LogP contribution >= 0.6 is 27.5 Å². The quantitative estimate of drug-likeness (QED) is 0.815. The number of phenolic OH excluding ortho intramolecular Hbond substituents is 1. The van der Waals surface area contributed by atoms with Gasteiger partial charge in [0, 0.05) is 16.1 Å². The van der Waals surface area contributed by atoms with Gasteiger partial charge in [0.25, 0.3) is 0 Å². The van der Waals surface area contributed by atoms with Crippen molar-refractivity contribution in [2.45, 2.75) is 0 Å². The van der Waals surface area contributed by atoms with Crippen LogP contribution in [0.25, 0.3) is 11.1 Å². The van der Waals surface area contributed by atoms with Crippen molar-refractivity contribution >= 4 is 27.5 Å². The number of para-hydroxylation sites is 1. The number of hydrogen-bond acceptors (Lipinski definition) is 1. The molecule has 1 N–H and O–H groups in total. The summed E-state index contributed by atoms with van der Waals surface area (Å²) in [5.41, 5.74) is 0.695. The van der Waals surface area contributed by atoms with Crippen LogP contribution in [-0.2, 0) is 0 Å². The molecule has 16 heavy (non-hydrogen) atoms. The fraction of sp³-hybridized carbons (Fsp3) is 0. The Bertz CT molecular complexity index is 543. The van der Waals surface area contributed by atoms with E-state index in [9.17, 15) is 9.50 Å². The van der Waals surface area contributed by atoms with Crippen LogP contribution in [0.4, 0.5) is 4.39 Å². The van der Waals surface area contributed by atoms with Gasteiger partial charge in [0.2, 0.25) is 0 Å². The van der Waals surface area contributed by atoms with Gasteiger partial charge in [0.1, 0.15) is 11.6 Å². The first-order chi connectivity index (χ1) is 7.59. The van der Waals surface area contributed by atoms with E-state index in [1.54, 1.807) is 18.2 Å². The maximum atomic E-state index is 13.6. The van der Waals surface area contributed by atoms with E-state index in [0.29, 0.717) is 15.1 Å². The number of hydrogen-bond donors (Lipinski definition) is 1. The molecule has 2 aromatic rings. The highest BCUT2D eigenvalue weighted by Crippen LogP contribution is 2.37. The van der Waals surface area contributed by atoms with Crippen molar-refractivity contribution in [1.29, 1.82) is 0 Å². The van der Waals surface area contributed by atoms with Gasteiger partial charge in [-0.25, -0.2) is 4.39 Å². The Morgan fingerprint density at radius 1 is 1.12 bits per heavy atom. The van der Waals surface area contributed by atoms with Crippen molar-refractivity contribution in [3.8, 4) is 16.9 Å². The van der Waals surface area contributed by atoms with Crippen molar-refractivity contribution < 1.29 is 9.50 Å². The second kappa shape index (κ2) is 4.44. The molecule has 0 fully saturated rings. The molecule has 82 valence electrons. The average Bonchev–Trinajstić information content (AvgIpc) is 2.26. The van der Waals surface area contributed by atoms with Gasteiger partial charge in [-0.15, -0.1) is 0 Å². The minimum absolute atomic E-state index is 0.00340. The van der Waals surface area contributed by atoms with Gasteiger partial charge in [-0.05, 0) is 40.2 Å². The summed E-state index contributed by atoms with van der Waals surface area (Å²) >= 11 is 8.98. The van der Waals surface area contributed by atoms with Gasteiger partial charge in [-0.2, -0.15) is 0 Å². The Balaban J connectivity index is 2.67. The fourth-order valence-corrected chi connectivity index (χ4v) is 1.97. The molecule has 0 atom stereocenters. The summed E-state index contributed by atoms with van der Waals surface area (Å²) in [6, 6.07) is 9.27. The smallest absolute Gasteiger partial charge is 0.137 e. The minimum Gasteiger partial charge on any atom is -0.506 e. The fourth-order valence-electron chi connectivity index (χ4n) is 1.44. The van der Waals surface area contributed by atoms with Crippen LogP contribution in [0.3, 0.4) is 0 Å². The summed E-state index contributed by atoms with van der Waals surface area (Å²) in [5, 5.41) is 10.2. The molecule has 0 aliphatic heterocycles. The molecule has 1 nitrogen and oxygen atoms in total. The van der Waals surface area contributed by atoms with E-state index in [4.69, 9.17) is 11.6 Å². The molecule has 0 heterocycles. The summed E-state index contributed by atoms with van der Waals surface area (Å²) in [7, 11) is 0. The number of benzene rings is 2. The number of halogens is 3. The first kappa shape index (κ1) is 11.4. The van der Waals surface area contributed by atoms with Crippen LogP contribution < -0.4 is 0 Å². The van der Waals surface area contributed by atoms with E-state index in [1.807, 2.05) is 0 Å². The molecule has 0 unspecified atom stereocenters. The van der Waals surface area contributed by atoms with Crippen molar-refractivity contribution in [2.24, 2.45) is 0 Å². The lowest BCUT2D eigenvalue weighted by Gasteiger charge is -2.07. The van der Waals surface area contributed by atoms with Gasteiger partial charge < -0.3 is 5.11 Å². The molecule has 0 saturated carbocycles. The maximum Gasteiger partial charge on any atom is 0.137 e. The van der Waals surface area contributed by atoms with Gasteiger partial charge >= 0.3 is 0 Å². The molecular formula is C12H7BrClFO. The van der Waals surface area contributed by atoms with Gasteiger partial charge in [-0.3, -0.25) is 0 Å². The highest BCUT2D eigenvalue weighted by molar-refractivity contribution is 9.10. The summed E-state index contributed by atoms with van der Waals surface area (Å²) in [6.45, 7) is 0. The van der Waals surface area contributed by atoms with E-state index in [0.717, 1.165) is 0 Å². The van der Waals surface area contributed by atoms with E-state index in [2.05, 4.69) is 15.9 Å². The third kappa shape index (κ3) is 2.06. The van der Waals surface area contributed by atoms with Crippen molar-refractivity contribution in [3.05, 3.63) is 51.7 Å². The van der Waals surface area contributed by atoms with Crippen LogP contribution in [0.15, 0.2) is 40.9 Å². The van der Waals surface area contributed by atoms with Crippen LogP contribution in [0, 0.1) is 5.82 Å². The van der Waals surface area contributed by atoms with Crippen molar-refractivity contribution in [1.82, 2.24) is 0 Å². The molecule has 0 aromatic heterocycles. The molecule has 0 bridgehead atoms. The number of rotatable bonds is 1. The summed E-state index contributed by atoms with van der Waals surface area (Å²) in [4.78, 5) is 0. The topological polar surface area (TPSA) is 20.2 Å². The van der Waals surface area contributed by atoms with Gasteiger partial charge in [0.15, 0.2) is 0 Å². The van der Waals surface area contributed by atoms with Crippen molar-refractivity contribution in [2.75, 3.05) is 0 Å². The largest absolute Gasteiger partial charge is 0.506 e. The van der Waals surface area contributed by atoms with E-state index >= 15 is 0 Å². The lowest BCUT2D eigenvalue weighted by atomic mass is 10.0. The average molecular weight is 302 g/mol. The summed E-state index contributed by atoms with van der Waals surface area (Å²) < 4.78 is 14.1. The molecular weight excluding hydrogens is 294 g/mol. The summed E-state index contributed by atoms with van der Waals surface area (Å²) in [5.74, 6) is -0.415. The molecule has 0 aliphatic rings. The Morgan fingerprint density at radius 2 is 1.88 bits per heavy atom. The normalized spacial score (nSPS) is 10.4. The Hall–Kier alpha value is -1.06. The van der Waals surface area contributed by atoms with Crippen LogP contribution in [0.5, 0.6) is 5.75 Å². The van der Waals surface area contributed by atoms with E-state index in [1.165, 1.54) is 18.2 Å². The zero-order chi connectivity index (χ0) is 11.7. The second-order valence-electron chi connectivity index (χ2n) is 3.26. The molecule has 0 spiro atoms. The number of phenols is 1. The van der Waals surface area contributed by atoms with Crippen LogP contribution in [0.1, 0.15) is 0 Å². The highest BCUT2D eigenvalue weighted by Gasteiger charge is 2.11. The van der Waals surface area contributed by atoms with E-state index in [-0.39, 0.29) is 11.3 Å². The molecule has 0 radical (unpaired) electrons. The SMILES string of the molecule is Oc1c(Br)cccc1-c1cc(Cl)ccc1F. The zero-order valence-electron chi connectivity index (χ0n) is 8.05. The monoisotopic (exact) mass is 300 g/mol. The first-order valence-corrected chi connectivity index (χ1v) is 5.69. The molecule has 0 aliphatic carbocycles. The third-order valence-electron chi connectivity index (χ3n) is 2.21. The highest BCUT2D eigenvalue weighted by atomic mass is 79.9. The van der Waals surface area contributed by atoms with Gasteiger partial charge in [0.05, 0.1) is 4.47 Å². The first-order valence-electron chi connectivity index (χ1n) is 4.52.